The molecule has 0 aliphatic carbocycles. The predicted molar refractivity (Wildman–Crippen MR) is 94.7 cm³/mol. The minimum atomic E-state index is -3.85. The highest BCUT2D eigenvalue weighted by atomic mass is 32.2. The van der Waals surface area contributed by atoms with Crippen LogP contribution in [0.25, 0.3) is 0 Å². The molecule has 0 bridgehead atoms. The smallest absolute Gasteiger partial charge is 0.308 e. The Morgan fingerprint density at radius 1 is 1.35 bits per heavy atom. The average molecular weight is 384 g/mol. The number of likely N-dealkylation sites (tertiary alicyclic amines) is 1. The summed E-state index contributed by atoms with van der Waals surface area (Å²) in [5.74, 6) is -1.78. The molecule has 1 aromatic carbocycles. The molecule has 0 radical (unpaired) electrons. The lowest BCUT2D eigenvalue weighted by molar-refractivity contribution is -0.143. The van der Waals surface area contributed by atoms with Crippen LogP contribution in [0.15, 0.2) is 23.1 Å². The fraction of sp³-hybridized carbons (Fsp3) is 0.529. The minimum absolute atomic E-state index is 0.118. The summed E-state index contributed by atoms with van der Waals surface area (Å²) >= 11 is 0. The first-order valence-electron chi connectivity index (χ1n) is 8.38. The van der Waals surface area contributed by atoms with Crippen LogP contribution in [0, 0.1) is 5.92 Å². The summed E-state index contributed by atoms with van der Waals surface area (Å²) in [6, 6.07) is 3.87. The number of hydrogen-bond acceptors (Lipinski definition) is 5. The molecule has 0 unspecified atom stereocenters. The van der Waals surface area contributed by atoms with Crippen molar-refractivity contribution in [3.63, 3.8) is 0 Å². The lowest BCUT2D eigenvalue weighted by Crippen LogP contribution is -2.42. The number of ether oxygens (including phenoxy) is 1. The molecule has 9 heteroatoms. The van der Waals surface area contributed by atoms with Crippen LogP contribution in [0.3, 0.4) is 0 Å². The van der Waals surface area contributed by atoms with Gasteiger partial charge in [0.25, 0.3) is 5.91 Å². The minimum Gasteiger partial charge on any atom is -0.495 e. The van der Waals surface area contributed by atoms with Gasteiger partial charge in [0.15, 0.2) is 0 Å². The zero-order valence-electron chi connectivity index (χ0n) is 15.1. The van der Waals surface area contributed by atoms with Gasteiger partial charge >= 0.3 is 5.97 Å². The molecule has 1 aromatic rings. The molecule has 2 N–H and O–H groups in total. The molecule has 1 aliphatic rings. The quantitative estimate of drug-likeness (QED) is 0.765. The van der Waals surface area contributed by atoms with Crippen molar-refractivity contribution in [1.82, 2.24) is 9.62 Å². The molecular weight excluding hydrogens is 360 g/mol. The number of amides is 1. The first-order valence-corrected chi connectivity index (χ1v) is 9.86. The number of carbonyl (C=O) groups is 2. The molecule has 8 nitrogen and oxygen atoms in total. The number of nitrogens with zero attached hydrogens (tertiary/aromatic N) is 1. The number of benzene rings is 1. The maximum Gasteiger partial charge on any atom is 0.308 e. The number of hydrogen-bond donors (Lipinski definition) is 2. The normalized spacial score (nSPS) is 18.0. The summed E-state index contributed by atoms with van der Waals surface area (Å²) < 4.78 is 32.6. The van der Waals surface area contributed by atoms with Crippen LogP contribution >= 0.6 is 0 Å². The Morgan fingerprint density at radius 3 is 2.62 bits per heavy atom. The number of aliphatic carboxylic acids is 1. The Morgan fingerprint density at radius 2 is 2.04 bits per heavy atom. The number of carboxylic acids is 1. The van der Waals surface area contributed by atoms with E-state index in [-0.39, 0.29) is 34.7 Å². The van der Waals surface area contributed by atoms with E-state index in [1.54, 1.807) is 13.8 Å². The molecule has 0 saturated carbocycles. The largest absolute Gasteiger partial charge is 0.495 e. The maximum absolute atomic E-state index is 12.7. The van der Waals surface area contributed by atoms with E-state index in [4.69, 9.17) is 9.84 Å². The Balaban J connectivity index is 2.34. The summed E-state index contributed by atoms with van der Waals surface area (Å²) in [7, 11) is -2.50. The standard InChI is InChI=1S/C17H24N2O6S/c1-11(2)18-26(23,24)15-9-12(6-7-14(15)25-3)16(20)19-8-4-5-13(10-19)17(21)22/h6-7,9,11,13,18H,4-5,8,10H2,1-3H3,(H,21,22)/t13-/m1/s1. The van der Waals surface area contributed by atoms with E-state index in [0.717, 1.165) is 0 Å². The molecule has 1 fully saturated rings. The van der Waals surface area contributed by atoms with Gasteiger partial charge in [0.05, 0.1) is 13.0 Å². The summed E-state index contributed by atoms with van der Waals surface area (Å²) in [6.07, 6.45) is 1.12. The van der Waals surface area contributed by atoms with Crippen LogP contribution in [-0.4, -0.2) is 56.5 Å². The van der Waals surface area contributed by atoms with Crippen molar-refractivity contribution in [2.45, 2.75) is 37.6 Å². The van der Waals surface area contributed by atoms with Crippen LogP contribution < -0.4 is 9.46 Å². The molecule has 1 heterocycles. The van der Waals surface area contributed by atoms with Crippen LogP contribution in [0.4, 0.5) is 0 Å². The van der Waals surface area contributed by atoms with Crippen molar-refractivity contribution in [1.29, 1.82) is 0 Å². The van der Waals surface area contributed by atoms with Gasteiger partial charge in [-0.15, -0.1) is 0 Å². The van der Waals surface area contributed by atoms with Gasteiger partial charge in [0.1, 0.15) is 10.6 Å². The van der Waals surface area contributed by atoms with Crippen molar-refractivity contribution in [3.8, 4) is 5.75 Å². The molecule has 144 valence electrons. The van der Waals surface area contributed by atoms with Gasteiger partial charge in [0, 0.05) is 24.7 Å². The van der Waals surface area contributed by atoms with E-state index in [0.29, 0.717) is 19.4 Å². The molecule has 0 aromatic heterocycles. The molecule has 1 amide bonds. The summed E-state index contributed by atoms with van der Waals surface area (Å²) in [4.78, 5) is 25.3. The van der Waals surface area contributed by atoms with Crippen molar-refractivity contribution < 1.29 is 27.9 Å². The van der Waals surface area contributed by atoms with E-state index < -0.39 is 21.9 Å². The molecule has 1 aliphatic heterocycles. The molecule has 1 atom stereocenters. The van der Waals surface area contributed by atoms with Gasteiger partial charge < -0.3 is 14.7 Å². The van der Waals surface area contributed by atoms with Gasteiger partial charge in [-0.25, -0.2) is 13.1 Å². The fourth-order valence-corrected chi connectivity index (χ4v) is 4.39. The third-order valence-electron chi connectivity index (χ3n) is 4.15. The lowest BCUT2D eigenvalue weighted by Gasteiger charge is -2.31. The molecule has 2 rings (SSSR count). The number of sulfonamides is 1. The highest BCUT2D eigenvalue weighted by molar-refractivity contribution is 7.89. The number of rotatable bonds is 6. The van der Waals surface area contributed by atoms with Crippen molar-refractivity contribution in [2.24, 2.45) is 5.92 Å². The van der Waals surface area contributed by atoms with E-state index in [1.807, 2.05) is 0 Å². The van der Waals surface area contributed by atoms with Gasteiger partial charge in [0.2, 0.25) is 10.0 Å². The summed E-state index contributed by atoms with van der Waals surface area (Å²) in [6.45, 7) is 3.95. The van der Waals surface area contributed by atoms with E-state index in [2.05, 4.69) is 4.72 Å². The first-order chi connectivity index (χ1) is 12.2. The summed E-state index contributed by atoms with van der Waals surface area (Å²) in [5, 5.41) is 9.17. The second kappa shape index (κ2) is 8.05. The van der Waals surface area contributed by atoms with Crippen LogP contribution in [0.1, 0.15) is 37.0 Å². The van der Waals surface area contributed by atoms with Gasteiger partial charge in [-0.3, -0.25) is 9.59 Å². The third kappa shape index (κ3) is 4.53. The molecule has 0 spiro atoms. The monoisotopic (exact) mass is 384 g/mol. The van der Waals surface area contributed by atoms with Crippen LogP contribution in [-0.2, 0) is 14.8 Å². The van der Waals surface area contributed by atoms with E-state index in [1.165, 1.54) is 30.2 Å². The second-order valence-corrected chi connectivity index (χ2v) is 8.25. The van der Waals surface area contributed by atoms with Crippen molar-refractivity contribution in [2.75, 3.05) is 20.2 Å². The number of nitrogens with one attached hydrogen (secondary N) is 1. The number of carbonyl (C=O) groups excluding carboxylic acids is 1. The van der Waals surface area contributed by atoms with E-state index >= 15 is 0 Å². The van der Waals surface area contributed by atoms with Gasteiger partial charge in [-0.2, -0.15) is 0 Å². The SMILES string of the molecule is COc1ccc(C(=O)N2CCC[C@@H](C(=O)O)C2)cc1S(=O)(=O)NC(C)C. The topological polar surface area (TPSA) is 113 Å². The van der Waals surface area contributed by atoms with Crippen molar-refractivity contribution >= 4 is 21.9 Å². The maximum atomic E-state index is 12.7. The van der Waals surface area contributed by atoms with Gasteiger partial charge in [-0.05, 0) is 44.9 Å². The van der Waals surface area contributed by atoms with Crippen molar-refractivity contribution in [3.05, 3.63) is 23.8 Å². The zero-order chi connectivity index (χ0) is 19.5. The summed E-state index contributed by atoms with van der Waals surface area (Å²) in [5.41, 5.74) is 0.181. The molecular formula is C17H24N2O6S. The Labute approximate surface area is 153 Å². The van der Waals surface area contributed by atoms with Gasteiger partial charge in [-0.1, -0.05) is 0 Å². The molecule has 26 heavy (non-hydrogen) atoms. The first kappa shape index (κ1) is 20.2. The second-order valence-electron chi connectivity index (χ2n) is 6.57. The Kier molecular flexibility index (Phi) is 6.25. The van der Waals surface area contributed by atoms with Crippen LogP contribution in [0.2, 0.25) is 0 Å². The van der Waals surface area contributed by atoms with E-state index in [9.17, 15) is 18.0 Å². The highest BCUT2D eigenvalue weighted by Gasteiger charge is 2.30. The predicted octanol–water partition coefficient (Wildman–Crippen LogP) is 1.32. The average Bonchev–Trinajstić information content (AvgIpc) is 2.59. The molecule has 1 saturated heterocycles. The number of carboxylic acid groups (broad SMARTS) is 1. The fourth-order valence-electron chi connectivity index (χ4n) is 2.94. The number of piperidine rings is 1. The van der Waals surface area contributed by atoms with Crippen LogP contribution in [0.5, 0.6) is 5.75 Å². The number of methoxy groups -OCH3 is 1. The third-order valence-corrected chi connectivity index (χ3v) is 5.83. The highest BCUT2D eigenvalue weighted by Crippen LogP contribution is 2.27. The Bertz CT molecular complexity index is 790. The Hall–Kier alpha value is -2.13. The zero-order valence-corrected chi connectivity index (χ0v) is 15.9. The lowest BCUT2D eigenvalue weighted by atomic mass is 9.97.